The molecule has 3 heterocycles. The van der Waals surface area contributed by atoms with Gasteiger partial charge >= 0.3 is 5.69 Å². The average molecular weight is 290 g/mol. The van der Waals surface area contributed by atoms with Crippen LogP contribution in [-0.4, -0.2) is 26.3 Å². The Labute approximate surface area is 121 Å². The molecule has 2 aromatic heterocycles. The number of amides is 1. The number of hydrogen-bond donors (Lipinski definition) is 1. The lowest BCUT2D eigenvalue weighted by Gasteiger charge is -2.15. The van der Waals surface area contributed by atoms with Crippen LogP contribution < -0.4 is 11.0 Å². The third-order valence-electron chi connectivity index (χ3n) is 3.94. The van der Waals surface area contributed by atoms with Gasteiger partial charge in [-0.05, 0) is 25.8 Å². The van der Waals surface area contributed by atoms with E-state index in [1.807, 2.05) is 0 Å². The summed E-state index contributed by atoms with van der Waals surface area (Å²) in [6.45, 7) is 2.35. The molecule has 2 aromatic rings. The number of fused-ring (bicyclic) bond motifs is 1. The largest absolute Gasteiger partial charge is 0.469 e. The number of furan rings is 1. The highest BCUT2D eigenvalue weighted by atomic mass is 16.3. The van der Waals surface area contributed by atoms with Crippen LogP contribution in [0.15, 0.2) is 21.5 Å². The van der Waals surface area contributed by atoms with Crippen LogP contribution in [0.3, 0.4) is 0 Å². The first-order valence-electron chi connectivity index (χ1n) is 7.04. The zero-order chi connectivity index (χ0) is 15.0. The number of aromatic nitrogens is 3. The van der Waals surface area contributed by atoms with E-state index in [1.165, 1.54) is 10.9 Å². The number of hydrogen-bond acceptors (Lipinski definition) is 4. The first-order valence-corrected chi connectivity index (χ1v) is 7.04. The van der Waals surface area contributed by atoms with Gasteiger partial charge in [0.2, 0.25) is 0 Å². The lowest BCUT2D eigenvalue weighted by molar-refractivity contribution is 0.0931. The maximum atomic E-state index is 12.2. The van der Waals surface area contributed by atoms with Crippen molar-refractivity contribution in [2.24, 2.45) is 7.05 Å². The molecule has 0 radical (unpaired) electrons. The molecule has 3 rings (SSSR count). The molecule has 0 bridgehead atoms. The van der Waals surface area contributed by atoms with E-state index in [4.69, 9.17) is 4.42 Å². The van der Waals surface area contributed by atoms with Gasteiger partial charge in [-0.2, -0.15) is 5.10 Å². The summed E-state index contributed by atoms with van der Waals surface area (Å²) in [6.07, 6.45) is 3.70. The topological polar surface area (TPSA) is 82.1 Å². The lowest BCUT2D eigenvalue weighted by Crippen LogP contribution is -2.35. The fraction of sp³-hybridized carbons (Fsp3) is 0.500. The lowest BCUT2D eigenvalue weighted by atomic mass is 10.1. The van der Waals surface area contributed by atoms with E-state index < -0.39 is 0 Å². The highest BCUT2D eigenvalue weighted by Gasteiger charge is 2.22. The zero-order valence-corrected chi connectivity index (χ0v) is 12.1. The molecule has 21 heavy (non-hydrogen) atoms. The Bertz CT molecular complexity index is 725. The summed E-state index contributed by atoms with van der Waals surface area (Å²) in [5.41, 5.74) is 0.468. The van der Waals surface area contributed by atoms with Crippen molar-refractivity contribution in [1.82, 2.24) is 19.7 Å². The van der Waals surface area contributed by atoms with Crippen molar-refractivity contribution in [3.63, 3.8) is 0 Å². The minimum atomic E-state index is -0.126. The minimum absolute atomic E-state index is 0.0400. The third kappa shape index (κ3) is 2.51. The zero-order valence-electron chi connectivity index (χ0n) is 12.1. The molecule has 0 aromatic carbocycles. The van der Waals surface area contributed by atoms with Crippen LogP contribution in [0.5, 0.6) is 0 Å². The van der Waals surface area contributed by atoms with Crippen molar-refractivity contribution in [1.29, 1.82) is 0 Å². The Kier molecular flexibility index (Phi) is 3.40. The number of nitrogens with one attached hydrogen (secondary N) is 1. The quantitative estimate of drug-likeness (QED) is 0.879. The van der Waals surface area contributed by atoms with Crippen LogP contribution in [0, 0.1) is 6.92 Å². The summed E-state index contributed by atoms with van der Waals surface area (Å²) in [4.78, 5) is 24.1. The molecule has 7 nitrogen and oxygen atoms in total. The van der Waals surface area contributed by atoms with Crippen molar-refractivity contribution in [2.45, 2.75) is 38.8 Å². The molecule has 0 spiro atoms. The van der Waals surface area contributed by atoms with Gasteiger partial charge in [-0.15, -0.1) is 0 Å². The summed E-state index contributed by atoms with van der Waals surface area (Å²) in [7, 11) is 1.66. The van der Waals surface area contributed by atoms with Crippen LogP contribution in [0.2, 0.25) is 0 Å². The second-order valence-electron chi connectivity index (χ2n) is 5.36. The fourth-order valence-corrected chi connectivity index (χ4v) is 2.73. The molecule has 7 heteroatoms. The predicted molar refractivity (Wildman–Crippen MR) is 75.1 cm³/mol. The predicted octanol–water partition coefficient (Wildman–Crippen LogP) is 0.618. The van der Waals surface area contributed by atoms with E-state index in [1.54, 1.807) is 24.6 Å². The maximum Gasteiger partial charge on any atom is 0.345 e. The highest BCUT2D eigenvalue weighted by molar-refractivity contribution is 5.95. The van der Waals surface area contributed by atoms with Gasteiger partial charge in [0, 0.05) is 26.1 Å². The second-order valence-corrected chi connectivity index (χ2v) is 5.36. The summed E-state index contributed by atoms with van der Waals surface area (Å²) in [6, 6.07) is 1.71. The van der Waals surface area contributed by atoms with Crippen LogP contribution >= 0.6 is 0 Å². The Morgan fingerprint density at radius 3 is 3.00 bits per heavy atom. The molecule has 0 saturated carbocycles. The van der Waals surface area contributed by atoms with Crippen molar-refractivity contribution in [3.05, 3.63) is 40.0 Å². The Hall–Kier alpha value is -2.31. The minimum Gasteiger partial charge on any atom is -0.469 e. The van der Waals surface area contributed by atoms with E-state index in [2.05, 4.69) is 10.4 Å². The molecule has 1 amide bonds. The van der Waals surface area contributed by atoms with Gasteiger partial charge in [0.1, 0.15) is 11.6 Å². The van der Waals surface area contributed by atoms with Crippen LogP contribution in [0.4, 0.5) is 0 Å². The average Bonchev–Trinajstić information content (AvgIpc) is 2.92. The maximum absolute atomic E-state index is 12.2. The molecule has 0 fully saturated rings. The molecular formula is C14H18N4O3. The Balaban J connectivity index is 1.69. The summed E-state index contributed by atoms with van der Waals surface area (Å²) in [5.74, 6) is 1.28. The van der Waals surface area contributed by atoms with Crippen molar-refractivity contribution in [2.75, 3.05) is 0 Å². The van der Waals surface area contributed by atoms with E-state index in [-0.39, 0.29) is 17.6 Å². The first kappa shape index (κ1) is 13.7. The van der Waals surface area contributed by atoms with Crippen LogP contribution in [0.25, 0.3) is 0 Å². The second kappa shape index (κ2) is 5.23. The van der Waals surface area contributed by atoms with E-state index in [0.29, 0.717) is 24.3 Å². The molecule has 1 aliphatic heterocycles. The smallest absolute Gasteiger partial charge is 0.345 e. The monoisotopic (exact) mass is 290 g/mol. The van der Waals surface area contributed by atoms with Crippen molar-refractivity contribution >= 4 is 5.91 Å². The molecule has 1 N–H and O–H groups in total. The summed E-state index contributed by atoms with van der Waals surface area (Å²) < 4.78 is 8.20. The van der Waals surface area contributed by atoms with Gasteiger partial charge in [0.25, 0.3) is 5.91 Å². The molecule has 1 atom stereocenters. The molecular weight excluding hydrogens is 272 g/mol. The van der Waals surface area contributed by atoms with Crippen molar-refractivity contribution < 1.29 is 9.21 Å². The summed E-state index contributed by atoms with van der Waals surface area (Å²) in [5, 5.41) is 7.24. The first-order chi connectivity index (χ1) is 10.1. The number of carbonyl (C=O) groups excluding carboxylic acids is 1. The standard InChI is InChI=1S/C14H18N4O3/c1-9-11(6-8-21-9)13(19)15-10-3-4-12-16-17(2)14(20)18(12)7-5-10/h6,8,10H,3-5,7H2,1-2H3,(H,15,19). The van der Waals surface area contributed by atoms with Gasteiger partial charge in [0.05, 0.1) is 11.8 Å². The van der Waals surface area contributed by atoms with E-state index in [0.717, 1.165) is 18.7 Å². The van der Waals surface area contributed by atoms with E-state index >= 15 is 0 Å². The van der Waals surface area contributed by atoms with Crippen LogP contribution in [-0.2, 0) is 20.0 Å². The number of nitrogens with zero attached hydrogens (tertiary/aromatic N) is 3. The number of rotatable bonds is 2. The third-order valence-corrected chi connectivity index (χ3v) is 3.94. The fourth-order valence-electron chi connectivity index (χ4n) is 2.73. The normalized spacial score (nSPS) is 18.1. The molecule has 112 valence electrons. The molecule has 1 unspecified atom stereocenters. The number of aryl methyl sites for hydroxylation is 3. The van der Waals surface area contributed by atoms with Gasteiger partial charge in [-0.3, -0.25) is 9.36 Å². The van der Waals surface area contributed by atoms with E-state index in [9.17, 15) is 9.59 Å². The van der Waals surface area contributed by atoms with Gasteiger partial charge in [-0.25, -0.2) is 9.48 Å². The SMILES string of the molecule is Cc1occc1C(=O)NC1CCc2nn(C)c(=O)n2CC1. The molecule has 0 aliphatic carbocycles. The molecule has 0 saturated heterocycles. The van der Waals surface area contributed by atoms with Gasteiger partial charge in [-0.1, -0.05) is 0 Å². The molecule has 1 aliphatic rings. The Morgan fingerprint density at radius 2 is 2.29 bits per heavy atom. The van der Waals surface area contributed by atoms with Crippen LogP contribution in [0.1, 0.15) is 34.8 Å². The number of carbonyl (C=O) groups is 1. The van der Waals surface area contributed by atoms with Gasteiger partial charge in [0.15, 0.2) is 0 Å². The summed E-state index contributed by atoms with van der Waals surface area (Å²) >= 11 is 0. The highest BCUT2D eigenvalue weighted by Crippen LogP contribution is 2.14. The Morgan fingerprint density at radius 1 is 1.48 bits per heavy atom. The van der Waals surface area contributed by atoms with Gasteiger partial charge < -0.3 is 9.73 Å². The van der Waals surface area contributed by atoms with Crippen molar-refractivity contribution in [3.8, 4) is 0 Å².